The maximum absolute atomic E-state index is 15.2. The smallest absolute Gasteiger partial charge is 0.265 e. The van der Waals surface area contributed by atoms with Gasteiger partial charge in [0.1, 0.15) is 17.0 Å². The Morgan fingerprint density at radius 3 is 2.52 bits per heavy atom. The summed E-state index contributed by atoms with van der Waals surface area (Å²) in [6.45, 7) is 5.52. The van der Waals surface area contributed by atoms with E-state index in [1.807, 2.05) is 13.8 Å². The molecule has 3 heterocycles. The number of hydrogen-bond donors (Lipinski definition) is 3. The number of pyridine rings is 2. The summed E-state index contributed by atoms with van der Waals surface area (Å²) >= 11 is 0. The van der Waals surface area contributed by atoms with Gasteiger partial charge < -0.3 is 15.2 Å². The standard InChI is InChI=1S/C31H29F2N5O4/c1-17(2)20-14-23(31(41)38(15-20)22-7-5-21(32)6-8-22)25(40)13-19-4-9-26(24(33)12-19)42-27-10-11-34-29-28(27)30(37-36-29)35-18(3)16-39/h4-12,14-15,17-18,39H,13,16H2,1-3H3,(H2,34,35,36,37)/t18-/m1/s1. The minimum absolute atomic E-state index is 0.00942. The Labute approximate surface area is 239 Å². The van der Waals surface area contributed by atoms with E-state index in [-0.39, 0.29) is 42.0 Å². The number of carbonyl (C=O) groups excluding carboxylic acids is 1. The van der Waals surface area contributed by atoms with E-state index < -0.39 is 23.0 Å². The fourth-order valence-corrected chi connectivity index (χ4v) is 4.44. The Morgan fingerprint density at radius 1 is 1.07 bits per heavy atom. The lowest BCUT2D eigenvalue weighted by molar-refractivity contribution is 0.0991. The molecule has 5 rings (SSSR count). The molecule has 9 nitrogen and oxygen atoms in total. The number of rotatable bonds is 10. The van der Waals surface area contributed by atoms with E-state index in [0.29, 0.717) is 28.1 Å². The third-order valence-corrected chi connectivity index (χ3v) is 6.77. The van der Waals surface area contributed by atoms with E-state index in [2.05, 4.69) is 20.5 Å². The summed E-state index contributed by atoms with van der Waals surface area (Å²) in [4.78, 5) is 30.9. The predicted molar refractivity (Wildman–Crippen MR) is 155 cm³/mol. The molecule has 216 valence electrons. The molecule has 11 heteroatoms. The maximum atomic E-state index is 15.2. The van der Waals surface area contributed by atoms with Gasteiger partial charge in [-0.05, 0) is 66.4 Å². The number of aromatic amines is 1. The summed E-state index contributed by atoms with van der Waals surface area (Å²) < 4.78 is 35.9. The number of ketones is 1. The molecule has 0 amide bonds. The minimum Gasteiger partial charge on any atom is -0.453 e. The molecule has 0 spiro atoms. The van der Waals surface area contributed by atoms with Crippen LogP contribution in [-0.4, -0.2) is 43.3 Å². The lowest BCUT2D eigenvalue weighted by Gasteiger charge is -2.14. The van der Waals surface area contributed by atoms with Crippen LogP contribution in [0.3, 0.4) is 0 Å². The number of aromatic nitrogens is 4. The second-order valence-corrected chi connectivity index (χ2v) is 10.3. The van der Waals surface area contributed by atoms with Gasteiger partial charge in [0.05, 0.1) is 12.2 Å². The number of nitrogens with one attached hydrogen (secondary N) is 2. The summed E-state index contributed by atoms with van der Waals surface area (Å²) in [7, 11) is 0. The van der Waals surface area contributed by atoms with Gasteiger partial charge in [-0.2, -0.15) is 5.10 Å². The van der Waals surface area contributed by atoms with Gasteiger partial charge in [0, 0.05) is 36.6 Å². The molecule has 42 heavy (non-hydrogen) atoms. The van der Waals surface area contributed by atoms with Gasteiger partial charge in [-0.25, -0.2) is 13.8 Å². The van der Waals surface area contributed by atoms with Crippen molar-refractivity contribution in [2.24, 2.45) is 0 Å². The zero-order valence-corrected chi connectivity index (χ0v) is 23.2. The fraction of sp³-hybridized carbons (Fsp3) is 0.226. The van der Waals surface area contributed by atoms with Crippen LogP contribution in [0.5, 0.6) is 11.5 Å². The summed E-state index contributed by atoms with van der Waals surface area (Å²) in [6.07, 6.45) is 2.92. The number of fused-ring (bicyclic) bond motifs is 1. The number of aliphatic hydroxyl groups is 1. The highest BCUT2D eigenvalue weighted by Crippen LogP contribution is 2.34. The van der Waals surface area contributed by atoms with Crippen molar-refractivity contribution >= 4 is 22.6 Å². The van der Waals surface area contributed by atoms with Crippen LogP contribution < -0.4 is 15.6 Å². The summed E-state index contributed by atoms with van der Waals surface area (Å²) in [5, 5.41) is 19.9. The average molecular weight is 574 g/mol. The molecule has 2 aromatic carbocycles. The highest BCUT2D eigenvalue weighted by atomic mass is 19.1. The monoisotopic (exact) mass is 573 g/mol. The molecule has 0 saturated heterocycles. The molecule has 3 N–H and O–H groups in total. The molecular formula is C31H29F2N5O4. The minimum atomic E-state index is -0.702. The van der Waals surface area contributed by atoms with Gasteiger partial charge in [0.25, 0.3) is 5.56 Å². The molecule has 0 aliphatic carbocycles. The van der Waals surface area contributed by atoms with E-state index >= 15 is 4.39 Å². The quantitative estimate of drug-likeness (QED) is 0.188. The first kappa shape index (κ1) is 28.6. The molecule has 0 saturated carbocycles. The van der Waals surface area contributed by atoms with E-state index in [1.54, 1.807) is 31.3 Å². The number of H-pyrrole nitrogens is 1. The molecule has 0 radical (unpaired) electrons. The first-order chi connectivity index (χ1) is 20.1. The van der Waals surface area contributed by atoms with E-state index in [1.165, 1.54) is 47.2 Å². The number of benzene rings is 2. The first-order valence-corrected chi connectivity index (χ1v) is 13.4. The van der Waals surface area contributed by atoms with Crippen molar-refractivity contribution in [2.75, 3.05) is 11.9 Å². The Bertz CT molecular complexity index is 1820. The Morgan fingerprint density at radius 2 is 1.83 bits per heavy atom. The number of ether oxygens (including phenoxy) is 1. The van der Waals surface area contributed by atoms with E-state index in [9.17, 15) is 19.1 Å². The van der Waals surface area contributed by atoms with Gasteiger partial charge in [0.15, 0.2) is 28.8 Å². The number of hydrogen-bond acceptors (Lipinski definition) is 7. The number of Topliss-reactive ketones (excluding diaryl/α,β-unsaturated/α-hetero) is 1. The maximum Gasteiger partial charge on any atom is 0.265 e. The van der Waals surface area contributed by atoms with Crippen LogP contribution in [-0.2, 0) is 6.42 Å². The molecule has 0 aliphatic heterocycles. The third kappa shape index (κ3) is 5.91. The predicted octanol–water partition coefficient (Wildman–Crippen LogP) is 5.52. The molecule has 1 atom stereocenters. The van der Waals surface area contributed by atoms with Gasteiger partial charge in [0.2, 0.25) is 0 Å². The van der Waals surface area contributed by atoms with Crippen LogP contribution in [0, 0.1) is 11.6 Å². The van der Waals surface area contributed by atoms with Crippen molar-refractivity contribution < 1.29 is 23.4 Å². The first-order valence-electron chi connectivity index (χ1n) is 13.4. The fourth-order valence-electron chi connectivity index (χ4n) is 4.44. The van der Waals surface area contributed by atoms with Gasteiger partial charge in [-0.15, -0.1) is 0 Å². The third-order valence-electron chi connectivity index (χ3n) is 6.77. The van der Waals surface area contributed by atoms with Crippen molar-refractivity contribution in [3.63, 3.8) is 0 Å². The Balaban J connectivity index is 1.41. The average Bonchev–Trinajstić information content (AvgIpc) is 3.38. The molecular weight excluding hydrogens is 544 g/mol. The molecule has 3 aromatic heterocycles. The Hall–Kier alpha value is -4.90. The van der Waals surface area contributed by atoms with Crippen LogP contribution in [0.2, 0.25) is 0 Å². The van der Waals surface area contributed by atoms with Crippen molar-refractivity contribution in [1.29, 1.82) is 0 Å². The SMILES string of the molecule is CC(C)c1cc(C(=O)Cc2ccc(Oc3ccnc4[nH]nc(N[C@H](C)CO)c34)c(F)c2)c(=O)n(-c2ccc(F)cc2)c1. The molecule has 0 bridgehead atoms. The molecule has 0 aliphatic rings. The van der Waals surface area contributed by atoms with Gasteiger partial charge in [-0.1, -0.05) is 19.9 Å². The van der Waals surface area contributed by atoms with Gasteiger partial charge in [-0.3, -0.25) is 19.3 Å². The molecule has 0 fully saturated rings. The number of aliphatic hydroxyl groups excluding tert-OH is 1. The molecule has 5 aromatic rings. The van der Waals surface area contributed by atoms with Crippen LogP contribution in [0.15, 0.2) is 71.8 Å². The summed E-state index contributed by atoms with van der Waals surface area (Å²) in [5.41, 5.74) is 1.37. The van der Waals surface area contributed by atoms with Crippen molar-refractivity contribution in [3.8, 4) is 17.2 Å². The highest BCUT2D eigenvalue weighted by Gasteiger charge is 2.20. The van der Waals surface area contributed by atoms with Crippen LogP contribution in [0.4, 0.5) is 14.6 Å². The summed E-state index contributed by atoms with van der Waals surface area (Å²) in [6, 6.07) is 12.4. The zero-order valence-electron chi connectivity index (χ0n) is 23.2. The number of anilines is 1. The Kier molecular flexibility index (Phi) is 8.12. The molecule has 0 unspecified atom stereocenters. The van der Waals surface area contributed by atoms with Crippen molar-refractivity contribution in [1.82, 2.24) is 19.7 Å². The number of halogens is 2. The van der Waals surface area contributed by atoms with Crippen LogP contribution in [0.25, 0.3) is 16.7 Å². The van der Waals surface area contributed by atoms with Crippen LogP contribution >= 0.6 is 0 Å². The highest BCUT2D eigenvalue weighted by molar-refractivity contribution is 5.97. The van der Waals surface area contributed by atoms with Gasteiger partial charge >= 0.3 is 0 Å². The number of nitrogens with zero attached hydrogens (tertiary/aromatic N) is 3. The van der Waals surface area contributed by atoms with Crippen molar-refractivity contribution in [2.45, 2.75) is 39.2 Å². The lowest BCUT2D eigenvalue weighted by atomic mass is 9.98. The van der Waals surface area contributed by atoms with Crippen LogP contribution in [0.1, 0.15) is 48.2 Å². The number of carbonyl (C=O) groups is 1. The topological polar surface area (TPSA) is 122 Å². The van der Waals surface area contributed by atoms with E-state index in [0.717, 1.165) is 5.56 Å². The summed E-state index contributed by atoms with van der Waals surface area (Å²) in [5.74, 6) is -1.01. The zero-order chi connectivity index (χ0) is 30.0. The largest absolute Gasteiger partial charge is 0.453 e. The second-order valence-electron chi connectivity index (χ2n) is 10.3. The lowest BCUT2D eigenvalue weighted by Crippen LogP contribution is -2.26. The van der Waals surface area contributed by atoms with E-state index in [4.69, 9.17) is 4.74 Å². The second kappa shape index (κ2) is 11.9. The van der Waals surface area contributed by atoms with Crippen molar-refractivity contribution in [3.05, 3.63) is 106 Å². The normalized spacial score (nSPS) is 12.1.